The van der Waals surface area contributed by atoms with Gasteiger partial charge >= 0.3 is 0 Å². The summed E-state index contributed by atoms with van der Waals surface area (Å²) in [7, 11) is 0. The van der Waals surface area contributed by atoms with Crippen molar-refractivity contribution in [2.24, 2.45) is 0 Å². The summed E-state index contributed by atoms with van der Waals surface area (Å²) >= 11 is 1.72. The van der Waals surface area contributed by atoms with Gasteiger partial charge in [0.15, 0.2) is 23.3 Å². The fourth-order valence-corrected chi connectivity index (χ4v) is 9.53. The third-order valence-corrected chi connectivity index (χ3v) is 12.5. The first kappa shape index (κ1) is 35.8. The van der Waals surface area contributed by atoms with Gasteiger partial charge in [-0.3, -0.25) is 0 Å². The van der Waals surface area contributed by atoms with Gasteiger partial charge in [-0.25, -0.2) is 24.9 Å². The van der Waals surface area contributed by atoms with Crippen LogP contribution in [0.5, 0.6) is 0 Å². The van der Waals surface area contributed by atoms with E-state index in [1.807, 2.05) is 72.8 Å². The molecule has 7 heteroatoms. The highest BCUT2D eigenvalue weighted by Gasteiger charge is 2.24. The topological polar surface area (TPSA) is 77.6 Å². The summed E-state index contributed by atoms with van der Waals surface area (Å²) in [4.78, 5) is 26.2. The molecule has 0 atom stereocenters. The molecule has 7 aromatic carbocycles. The first-order valence-corrected chi connectivity index (χ1v) is 21.0. The average molecular weight is 792 g/mol. The Morgan fingerprint density at radius 1 is 0.467 bits per heavy atom. The maximum atomic E-state index is 6.69. The van der Waals surface area contributed by atoms with E-state index in [0.29, 0.717) is 29.2 Å². The van der Waals surface area contributed by atoms with E-state index in [9.17, 15) is 0 Å². The molecule has 0 aliphatic rings. The minimum absolute atomic E-state index is 0.330. The minimum atomic E-state index is 0.330. The first-order valence-electron chi connectivity index (χ1n) is 20.2. The predicted octanol–water partition coefficient (Wildman–Crippen LogP) is 14.4. The first-order chi connectivity index (χ1) is 29.5. The molecule has 11 aromatic rings. The quantitative estimate of drug-likeness (QED) is 0.160. The fourth-order valence-electron chi connectivity index (χ4n) is 8.39. The summed E-state index contributed by atoms with van der Waals surface area (Å²) in [5, 5.41) is 2.98. The van der Waals surface area contributed by atoms with Crippen LogP contribution in [0, 0.1) is 6.92 Å². The monoisotopic (exact) mass is 791 g/mol. The molecule has 0 fully saturated rings. The number of nitrogens with zero attached hydrogens (tertiary/aromatic N) is 5. The molecule has 0 saturated carbocycles. The van der Waals surface area contributed by atoms with Crippen molar-refractivity contribution in [3.8, 4) is 67.9 Å². The molecule has 0 amide bonds. The largest absolute Gasteiger partial charge is 0.456 e. The van der Waals surface area contributed by atoms with Gasteiger partial charge in [0.2, 0.25) is 0 Å². The highest BCUT2D eigenvalue weighted by molar-refractivity contribution is 7.26. The van der Waals surface area contributed by atoms with E-state index >= 15 is 0 Å². The molecule has 4 heterocycles. The van der Waals surface area contributed by atoms with Crippen molar-refractivity contribution in [1.29, 1.82) is 0 Å². The molecule has 11 rings (SSSR count). The average Bonchev–Trinajstić information content (AvgIpc) is 3.88. The van der Waals surface area contributed by atoms with Crippen molar-refractivity contribution in [1.82, 2.24) is 24.9 Å². The molecule has 6 nitrogen and oxygen atoms in total. The lowest BCUT2D eigenvalue weighted by molar-refractivity contribution is 0.669. The Hall–Kier alpha value is -7.35. The number of benzene rings is 7. The number of aryl methyl sites for hydroxylation is 1. The zero-order valence-electron chi connectivity index (χ0n) is 33.2. The maximum absolute atomic E-state index is 6.69. The van der Waals surface area contributed by atoms with Crippen LogP contribution in [0.3, 0.4) is 0 Å². The van der Waals surface area contributed by atoms with Gasteiger partial charge in [-0.05, 0) is 59.4 Å². The normalized spacial score (nSPS) is 11.7. The lowest BCUT2D eigenvalue weighted by Crippen LogP contribution is -2.01. The van der Waals surface area contributed by atoms with Gasteiger partial charge in [-0.1, -0.05) is 153 Å². The summed E-state index contributed by atoms with van der Waals surface area (Å²) in [5.74, 6) is 2.77. The van der Waals surface area contributed by atoms with Crippen molar-refractivity contribution in [2.45, 2.75) is 26.7 Å². The Morgan fingerprint density at radius 2 is 1.05 bits per heavy atom. The zero-order chi connectivity index (χ0) is 40.3. The molecule has 0 aliphatic heterocycles. The van der Waals surface area contributed by atoms with Crippen molar-refractivity contribution < 1.29 is 4.42 Å². The third kappa shape index (κ3) is 6.05. The number of hydrogen-bond acceptors (Lipinski definition) is 7. The van der Waals surface area contributed by atoms with Crippen molar-refractivity contribution in [3.05, 3.63) is 175 Å². The highest BCUT2D eigenvalue weighted by atomic mass is 32.1. The third-order valence-electron chi connectivity index (χ3n) is 11.3. The fraction of sp³-hybridized carbons (Fsp3) is 0.0755. The molecule has 4 aromatic heterocycles. The van der Waals surface area contributed by atoms with Crippen LogP contribution >= 0.6 is 11.3 Å². The molecule has 0 unspecified atom stereocenters. The van der Waals surface area contributed by atoms with E-state index in [-0.39, 0.29) is 0 Å². The van der Waals surface area contributed by atoms with Crippen LogP contribution in [0.1, 0.15) is 30.9 Å². The number of aromatic nitrogens is 5. The van der Waals surface area contributed by atoms with Crippen LogP contribution in [-0.2, 0) is 0 Å². The van der Waals surface area contributed by atoms with Gasteiger partial charge in [0.1, 0.15) is 11.2 Å². The van der Waals surface area contributed by atoms with E-state index < -0.39 is 0 Å². The second-order valence-corrected chi connectivity index (χ2v) is 16.5. The van der Waals surface area contributed by atoms with Crippen LogP contribution in [0.15, 0.2) is 168 Å². The highest BCUT2D eigenvalue weighted by Crippen LogP contribution is 2.45. The van der Waals surface area contributed by atoms with Crippen molar-refractivity contribution >= 4 is 53.6 Å². The van der Waals surface area contributed by atoms with E-state index in [4.69, 9.17) is 29.3 Å². The molecule has 0 aliphatic carbocycles. The molecule has 0 radical (unpaired) electrons. The molecule has 0 N–H and O–H groups in total. The number of hydrogen-bond donors (Lipinski definition) is 0. The van der Waals surface area contributed by atoms with Gasteiger partial charge in [-0.15, -0.1) is 11.3 Å². The Balaban J connectivity index is 1.18. The lowest BCUT2D eigenvalue weighted by atomic mass is 9.89. The van der Waals surface area contributed by atoms with Gasteiger partial charge in [0.05, 0.1) is 15.9 Å². The SMILES string of the molecule is Cc1ccccc1-c1cc(-c2nc(-c3ccccc3)nc(-c3cccc4oc5cccc(-c6nc(-c7ccccc7)nc7c6sc6ccccc67)c5c34)n2)ccc1C(C)C. The second kappa shape index (κ2) is 14.5. The second-order valence-electron chi connectivity index (χ2n) is 15.4. The van der Waals surface area contributed by atoms with E-state index in [1.54, 1.807) is 11.3 Å². The van der Waals surface area contributed by atoms with Crippen LogP contribution < -0.4 is 0 Å². The molecular weight excluding hydrogens is 755 g/mol. The number of furan rings is 1. The molecule has 286 valence electrons. The van der Waals surface area contributed by atoms with Crippen molar-refractivity contribution in [3.63, 3.8) is 0 Å². The summed E-state index contributed by atoms with van der Waals surface area (Å²) in [6.45, 7) is 6.65. The van der Waals surface area contributed by atoms with Crippen LogP contribution in [0.4, 0.5) is 0 Å². The predicted molar refractivity (Wildman–Crippen MR) is 247 cm³/mol. The van der Waals surface area contributed by atoms with E-state index in [0.717, 1.165) is 75.8 Å². The Kier molecular flexibility index (Phi) is 8.64. The summed E-state index contributed by atoms with van der Waals surface area (Å²) in [6.07, 6.45) is 0. The summed E-state index contributed by atoms with van der Waals surface area (Å²) < 4.78 is 8.88. The number of rotatable bonds is 7. The molecule has 60 heavy (non-hydrogen) atoms. The zero-order valence-corrected chi connectivity index (χ0v) is 34.0. The van der Waals surface area contributed by atoms with Crippen LogP contribution in [-0.4, -0.2) is 24.9 Å². The summed E-state index contributed by atoms with van der Waals surface area (Å²) in [5.41, 5.74) is 12.8. The molecular formula is C53H37N5OS. The maximum Gasteiger partial charge on any atom is 0.164 e. The molecule has 0 spiro atoms. The smallest absolute Gasteiger partial charge is 0.164 e. The lowest BCUT2D eigenvalue weighted by Gasteiger charge is -2.17. The van der Waals surface area contributed by atoms with E-state index in [1.165, 1.54) is 22.3 Å². The Bertz CT molecular complexity index is 3430. The minimum Gasteiger partial charge on any atom is -0.456 e. The van der Waals surface area contributed by atoms with Crippen LogP contribution in [0.2, 0.25) is 0 Å². The standard InChI is InChI=1S/C53H37N5OS/c1-31(2)36-29-28-35(30-41(36)37-21-11-10-16-32(37)3)52-56-51(34-19-8-5-9-20-34)57-53(58-52)40-24-15-26-43-46(40)45-39(23-14-25-42(45)59-43)48-49-47(38-22-12-13-27-44(38)60-49)54-50(55-48)33-17-6-4-7-18-33/h4-31H,1-3H3. The van der Waals surface area contributed by atoms with Gasteiger partial charge in [0, 0.05) is 48.7 Å². The Labute approximate surface area is 350 Å². The number of thiophene rings is 1. The molecule has 0 bridgehead atoms. The van der Waals surface area contributed by atoms with Gasteiger partial charge in [0.25, 0.3) is 0 Å². The molecule has 0 saturated heterocycles. The van der Waals surface area contributed by atoms with Crippen molar-refractivity contribution in [2.75, 3.05) is 0 Å². The van der Waals surface area contributed by atoms with Gasteiger partial charge in [-0.2, -0.15) is 0 Å². The summed E-state index contributed by atoms with van der Waals surface area (Å²) in [6, 6.07) is 56.3. The van der Waals surface area contributed by atoms with Gasteiger partial charge < -0.3 is 4.42 Å². The van der Waals surface area contributed by atoms with E-state index in [2.05, 4.69) is 112 Å². The Morgan fingerprint density at radius 3 is 1.77 bits per heavy atom. The van der Waals surface area contributed by atoms with Crippen LogP contribution in [0.25, 0.3) is 110 Å². The number of fused-ring (bicyclic) bond motifs is 6.